The molecule has 2 N–H and O–H groups in total. The minimum atomic E-state index is -0.316. The first-order valence-corrected chi connectivity index (χ1v) is 9.27. The summed E-state index contributed by atoms with van der Waals surface area (Å²) in [5, 5.41) is 2.22. The number of carbonyl (C=O) groups is 1. The third-order valence-electron chi connectivity index (χ3n) is 4.85. The van der Waals surface area contributed by atoms with Crippen LogP contribution in [-0.2, 0) is 16.0 Å². The highest BCUT2D eigenvalue weighted by atomic mass is 16.5. The van der Waals surface area contributed by atoms with E-state index < -0.39 is 0 Å². The number of aromatic nitrogens is 2. The third kappa shape index (κ3) is 3.04. The average molecular weight is 358 g/mol. The molecule has 4 nitrogen and oxygen atoms in total. The first-order chi connectivity index (χ1) is 13.2. The van der Waals surface area contributed by atoms with Crippen LogP contribution in [0.25, 0.3) is 33.5 Å². The molecule has 0 spiro atoms. The van der Waals surface area contributed by atoms with Gasteiger partial charge in [-0.1, -0.05) is 43.3 Å². The Morgan fingerprint density at radius 1 is 1.00 bits per heavy atom. The topological polar surface area (TPSA) is 57.9 Å². The van der Waals surface area contributed by atoms with Crippen LogP contribution < -0.4 is 0 Å². The molecule has 0 atom stereocenters. The summed E-state index contributed by atoms with van der Waals surface area (Å²) in [6.07, 6.45) is 4.67. The first kappa shape index (κ1) is 17.2. The number of para-hydroxylation sites is 2. The fourth-order valence-corrected chi connectivity index (χ4v) is 3.61. The van der Waals surface area contributed by atoms with E-state index in [9.17, 15) is 4.79 Å². The molecule has 0 aliphatic rings. The van der Waals surface area contributed by atoms with Crippen LogP contribution in [-0.4, -0.2) is 22.5 Å². The van der Waals surface area contributed by atoms with E-state index in [0.29, 0.717) is 12.2 Å². The zero-order valence-corrected chi connectivity index (χ0v) is 15.5. The van der Waals surface area contributed by atoms with Crippen LogP contribution in [0.3, 0.4) is 0 Å². The smallest absolute Gasteiger partial charge is 0.340 e. The van der Waals surface area contributed by atoms with Gasteiger partial charge < -0.3 is 14.7 Å². The summed E-state index contributed by atoms with van der Waals surface area (Å²) in [7, 11) is 0. The van der Waals surface area contributed by atoms with E-state index in [-0.39, 0.29) is 5.97 Å². The summed E-state index contributed by atoms with van der Waals surface area (Å²) in [6.45, 7) is 4.27. The number of rotatable bonds is 5. The Labute approximate surface area is 157 Å². The van der Waals surface area contributed by atoms with Crippen LogP contribution in [0.1, 0.15) is 30.7 Å². The van der Waals surface area contributed by atoms with Gasteiger partial charge in [0.05, 0.1) is 17.9 Å². The van der Waals surface area contributed by atoms with Crippen LogP contribution in [0, 0.1) is 0 Å². The number of nitrogens with one attached hydrogen (secondary N) is 2. The third-order valence-corrected chi connectivity index (χ3v) is 4.85. The Hall–Kier alpha value is -3.27. The molecule has 0 radical (unpaired) electrons. The molecule has 4 aromatic rings. The highest BCUT2D eigenvalue weighted by Gasteiger charge is 2.21. The van der Waals surface area contributed by atoms with Gasteiger partial charge in [0.2, 0.25) is 0 Å². The molecule has 27 heavy (non-hydrogen) atoms. The fraction of sp³-hybridized carbons (Fsp3) is 0.174. The lowest BCUT2D eigenvalue weighted by Gasteiger charge is -2.08. The highest BCUT2D eigenvalue weighted by molar-refractivity contribution is 6.23. The molecule has 4 heteroatoms. The maximum Gasteiger partial charge on any atom is 0.340 e. The van der Waals surface area contributed by atoms with Crippen molar-refractivity contribution >= 4 is 39.4 Å². The van der Waals surface area contributed by atoms with Crippen molar-refractivity contribution in [3.8, 4) is 0 Å². The summed E-state index contributed by atoms with van der Waals surface area (Å²) in [5.41, 5.74) is 5.55. The van der Waals surface area contributed by atoms with Gasteiger partial charge >= 0.3 is 5.97 Å². The second-order valence-corrected chi connectivity index (χ2v) is 6.45. The number of aryl methyl sites for hydroxylation is 1. The van der Waals surface area contributed by atoms with Gasteiger partial charge in [0, 0.05) is 33.6 Å². The number of benzene rings is 2. The van der Waals surface area contributed by atoms with Gasteiger partial charge in [-0.05, 0) is 37.1 Å². The van der Waals surface area contributed by atoms with Gasteiger partial charge in [0.15, 0.2) is 0 Å². The predicted molar refractivity (Wildman–Crippen MR) is 110 cm³/mol. The molecule has 0 fully saturated rings. The number of hydrogen-bond donors (Lipinski definition) is 2. The van der Waals surface area contributed by atoms with Gasteiger partial charge in [0.25, 0.3) is 0 Å². The number of esters is 1. The van der Waals surface area contributed by atoms with E-state index in [1.807, 2.05) is 61.7 Å². The van der Waals surface area contributed by atoms with Crippen LogP contribution in [0.4, 0.5) is 0 Å². The van der Waals surface area contributed by atoms with Crippen LogP contribution in [0.15, 0.2) is 54.7 Å². The fourth-order valence-electron chi connectivity index (χ4n) is 3.61. The van der Waals surface area contributed by atoms with Crippen LogP contribution in [0.5, 0.6) is 0 Å². The summed E-state index contributed by atoms with van der Waals surface area (Å²) >= 11 is 0. The van der Waals surface area contributed by atoms with E-state index in [1.165, 1.54) is 0 Å². The zero-order chi connectivity index (χ0) is 18.8. The standard InChI is InChI=1S/C23H22N2O2/c1-3-16-18-10-6-8-12-21(18)25-22(16)19(23(26)27-4-2)13-15-14-24-20-11-7-5-9-17(15)20/h5-14,24-25H,3-4H2,1-2H3/b19-13-. The van der Waals surface area contributed by atoms with Crippen molar-refractivity contribution in [1.29, 1.82) is 0 Å². The molecule has 136 valence electrons. The lowest BCUT2D eigenvalue weighted by atomic mass is 10.0. The van der Waals surface area contributed by atoms with E-state index in [0.717, 1.165) is 45.0 Å². The SMILES string of the molecule is CCOC(=O)/C(=C\c1c[nH]c2ccccc12)c1[nH]c2ccccc2c1CC. The molecule has 0 bridgehead atoms. The molecule has 0 aliphatic carbocycles. The van der Waals surface area contributed by atoms with E-state index in [2.05, 4.69) is 23.0 Å². The lowest BCUT2D eigenvalue weighted by molar-refractivity contribution is -0.136. The van der Waals surface area contributed by atoms with E-state index in [4.69, 9.17) is 4.74 Å². The van der Waals surface area contributed by atoms with Crippen molar-refractivity contribution in [2.75, 3.05) is 6.61 Å². The molecule has 4 rings (SSSR count). The van der Waals surface area contributed by atoms with Crippen LogP contribution >= 0.6 is 0 Å². The van der Waals surface area contributed by atoms with E-state index in [1.54, 1.807) is 0 Å². The molecule has 2 aromatic heterocycles. The average Bonchev–Trinajstić information content (AvgIpc) is 3.27. The van der Waals surface area contributed by atoms with Crippen molar-refractivity contribution in [1.82, 2.24) is 9.97 Å². The lowest BCUT2D eigenvalue weighted by Crippen LogP contribution is -2.08. The number of fused-ring (bicyclic) bond motifs is 2. The second-order valence-electron chi connectivity index (χ2n) is 6.45. The molecule has 0 amide bonds. The van der Waals surface area contributed by atoms with Gasteiger partial charge in [-0.2, -0.15) is 0 Å². The molecular formula is C23H22N2O2. The Kier molecular flexibility index (Phi) is 4.55. The number of carbonyl (C=O) groups excluding carboxylic acids is 1. The zero-order valence-electron chi connectivity index (χ0n) is 15.5. The molecule has 2 heterocycles. The quantitative estimate of drug-likeness (QED) is 0.375. The number of hydrogen-bond acceptors (Lipinski definition) is 2. The first-order valence-electron chi connectivity index (χ1n) is 9.27. The Morgan fingerprint density at radius 3 is 2.44 bits per heavy atom. The molecular weight excluding hydrogens is 336 g/mol. The molecule has 0 unspecified atom stereocenters. The molecule has 0 saturated heterocycles. The van der Waals surface area contributed by atoms with Gasteiger partial charge in [-0.15, -0.1) is 0 Å². The largest absolute Gasteiger partial charge is 0.462 e. The van der Waals surface area contributed by atoms with Crippen molar-refractivity contribution in [2.45, 2.75) is 20.3 Å². The summed E-state index contributed by atoms with van der Waals surface area (Å²) < 4.78 is 5.38. The number of H-pyrrole nitrogens is 2. The van der Waals surface area contributed by atoms with Crippen molar-refractivity contribution in [3.05, 3.63) is 71.5 Å². The predicted octanol–water partition coefficient (Wildman–Crippen LogP) is 5.32. The van der Waals surface area contributed by atoms with Crippen molar-refractivity contribution < 1.29 is 9.53 Å². The maximum absolute atomic E-state index is 12.8. The maximum atomic E-state index is 12.8. The molecule has 2 aromatic carbocycles. The normalized spacial score (nSPS) is 12.0. The summed E-state index contributed by atoms with van der Waals surface area (Å²) in [4.78, 5) is 19.5. The monoisotopic (exact) mass is 358 g/mol. The van der Waals surface area contributed by atoms with Crippen molar-refractivity contribution in [3.63, 3.8) is 0 Å². The second kappa shape index (κ2) is 7.16. The Balaban J connectivity index is 1.94. The van der Waals surface area contributed by atoms with Gasteiger partial charge in [0.1, 0.15) is 0 Å². The highest BCUT2D eigenvalue weighted by Crippen LogP contribution is 2.31. The van der Waals surface area contributed by atoms with Gasteiger partial charge in [-0.3, -0.25) is 0 Å². The molecule has 0 aliphatic heterocycles. The Bertz CT molecular complexity index is 1150. The number of aromatic amines is 2. The summed E-state index contributed by atoms with van der Waals surface area (Å²) in [5.74, 6) is -0.316. The minimum Gasteiger partial charge on any atom is -0.462 e. The van der Waals surface area contributed by atoms with E-state index >= 15 is 0 Å². The number of ether oxygens (including phenoxy) is 1. The Morgan fingerprint density at radius 2 is 1.70 bits per heavy atom. The summed E-state index contributed by atoms with van der Waals surface area (Å²) in [6, 6.07) is 16.2. The van der Waals surface area contributed by atoms with Gasteiger partial charge in [-0.25, -0.2) is 4.79 Å². The minimum absolute atomic E-state index is 0.316. The van der Waals surface area contributed by atoms with Crippen LogP contribution in [0.2, 0.25) is 0 Å². The molecule has 0 saturated carbocycles. The van der Waals surface area contributed by atoms with Crippen molar-refractivity contribution in [2.24, 2.45) is 0 Å².